The highest BCUT2D eigenvalue weighted by molar-refractivity contribution is 7.89. The molecule has 8 nitrogen and oxygen atoms in total. The fourth-order valence-corrected chi connectivity index (χ4v) is 3.49. The van der Waals surface area contributed by atoms with Gasteiger partial charge in [-0.1, -0.05) is 12.1 Å². The second-order valence-corrected chi connectivity index (χ2v) is 7.64. The van der Waals surface area contributed by atoms with Crippen LogP contribution >= 0.6 is 0 Å². The van der Waals surface area contributed by atoms with Crippen molar-refractivity contribution in [3.05, 3.63) is 35.4 Å². The van der Waals surface area contributed by atoms with Gasteiger partial charge in [-0.3, -0.25) is 19.3 Å². The summed E-state index contributed by atoms with van der Waals surface area (Å²) in [7, 11) is -3.59. The zero-order valence-electron chi connectivity index (χ0n) is 13.9. The molecule has 1 heterocycles. The molecule has 1 aliphatic heterocycles. The van der Waals surface area contributed by atoms with Crippen LogP contribution in [-0.4, -0.2) is 56.4 Å². The van der Waals surface area contributed by atoms with Gasteiger partial charge in [-0.15, -0.1) is 0 Å². The Morgan fingerprint density at radius 3 is 2.16 bits per heavy atom. The Morgan fingerprint density at radius 1 is 1.04 bits per heavy atom. The van der Waals surface area contributed by atoms with Gasteiger partial charge in [0.1, 0.15) is 0 Å². The largest absolute Gasteiger partial charge is 0.356 e. The van der Waals surface area contributed by atoms with E-state index in [9.17, 15) is 22.8 Å². The van der Waals surface area contributed by atoms with E-state index in [2.05, 4.69) is 10.0 Å². The number of hydrogen-bond acceptors (Lipinski definition) is 5. The fraction of sp³-hybridized carbons (Fsp3) is 0.438. The summed E-state index contributed by atoms with van der Waals surface area (Å²) in [6.07, 6.45) is 1.23. The summed E-state index contributed by atoms with van der Waals surface area (Å²) in [4.78, 5) is 36.0. The van der Waals surface area contributed by atoms with Crippen LogP contribution in [0, 0.1) is 0 Å². The summed E-state index contributed by atoms with van der Waals surface area (Å²) >= 11 is 0. The second kappa shape index (κ2) is 8.21. The molecule has 2 N–H and O–H groups in total. The maximum absolute atomic E-state index is 12.2. The van der Waals surface area contributed by atoms with E-state index in [0.717, 1.165) is 4.90 Å². The molecular formula is C16H21N3O5S. The van der Waals surface area contributed by atoms with Crippen LogP contribution in [0.1, 0.15) is 40.5 Å². The minimum atomic E-state index is -3.59. The van der Waals surface area contributed by atoms with Crippen molar-refractivity contribution in [3.8, 4) is 0 Å². The van der Waals surface area contributed by atoms with E-state index in [1.54, 1.807) is 24.3 Å². The topological polar surface area (TPSA) is 113 Å². The molecule has 1 aromatic rings. The van der Waals surface area contributed by atoms with Crippen LogP contribution in [0.4, 0.5) is 0 Å². The highest BCUT2D eigenvalue weighted by Crippen LogP contribution is 2.22. The first-order chi connectivity index (χ1) is 11.8. The minimum absolute atomic E-state index is 0.124. The Kier molecular flexibility index (Phi) is 6.27. The maximum atomic E-state index is 12.2. The molecule has 0 radical (unpaired) electrons. The summed E-state index contributed by atoms with van der Waals surface area (Å²) in [6.45, 7) is 1.96. The van der Waals surface area contributed by atoms with Crippen molar-refractivity contribution in [2.75, 3.05) is 25.4 Å². The first-order valence-electron chi connectivity index (χ1n) is 7.99. The zero-order chi connectivity index (χ0) is 18.4. The molecule has 0 spiro atoms. The van der Waals surface area contributed by atoms with E-state index in [4.69, 9.17) is 0 Å². The number of sulfonamides is 1. The van der Waals surface area contributed by atoms with Gasteiger partial charge < -0.3 is 5.32 Å². The lowest BCUT2D eigenvalue weighted by atomic mass is 10.1. The standard InChI is InChI=1S/C16H21N3O5S/c1-12(20)17-8-4-5-9-18-25(23,24)11-10-19-15(21)13-6-2-3-7-14(13)16(19)22/h2-3,6-7,18H,4-5,8-11H2,1H3,(H,17,20). The normalized spacial score (nSPS) is 13.9. The lowest BCUT2D eigenvalue weighted by molar-refractivity contribution is -0.118. The zero-order valence-corrected chi connectivity index (χ0v) is 14.8. The summed E-state index contributed by atoms with van der Waals surface area (Å²) in [5.74, 6) is -1.40. The average Bonchev–Trinajstić information content (AvgIpc) is 2.80. The highest BCUT2D eigenvalue weighted by Gasteiger charge is 2.35. The van der Waals surface area contributed by atoms with E-state index in [1.807, 2.05) is 0 Å². The van der Waals surface area contributed by atoms with E-state index < -0.39 is 21.8 Å². The van der Waals surface area contributed by atoms with Gasteiger partial charge in [0, 0.05) is 26.6 Å². The Morgan fingerprint density at radius 2 is 1.60 bits per heavy atom. The predicted octanol–water partition coefficient (Wildman–Crippen LogP) is 0.118. The third kappa shape index (κ3) is 5.10. The molecular weight excluding hydrogens is 346 g/mol. The molecule has 1 aromatic carbocycles. The van der Waals surface area contributed by atoms with Gasteiger partial charge in [0.25, 0.3) is 11.8 Å². The number of benzene rings is 1. The lowest BCUT2D eigenvalue weighted by Gasteiger charge is -2.14. The molecule has 9 heteroatoms. The maximum Gasteiger partial charge on any atom is 0.261 e. The Hall–Kier alpha value is -2.26. The van der Waals surface area contributed by atoms with Gasteiger partial charge in [-0.25, -0.2) is 13.1 Å². The van der Waals surface area contributed by atoms with Crippen molar-refractivity contribution >= 4 is 27.7 Å². The SMILES string of the molecule is CC(=O)NCCCCNS(=O)(=O)CCN1C(=O)c2ccccc2C1=O. The number of unbranched alkanes of at least 4 members (excludes halogenated alkanes) is 1. The van der Waals surface area contributed by atoms with Crippen LogP contribution in [0.5, 0.6) is 0 Å². The van der Waals surface area contributed by atoms with Gasteiger partial charge in [0.2, 0.25) is 15.9 Å². The third-order valence-electron chi connectivity index (χ3n) is 3.76. The molecule has 0 saturated heterocycles. The van der Waals surface area contributed by atoms with Crippen molar-refractivity contribution in [1.29, 1.82) is 0 Å². The second-order valence-electron chi connectivity index (χ2n) is 5.71. The number of carbonyl (C=O) groups excluding carboxylic acids is 3. The molecule has 0 aliphatic carbocycles. The summed E-state index contributed by atoms with van der Waals surface area (Å²) in [5, 5.41) is 2.63. The molecule has 0 saturated carbocycles. The van der Waals surface area contributed by atoms with Crippen LogP contribution < -0.4 is 10.0 Å². The number of amides is 3. The van der Waals surface area contributed by atoms with E-state index >= 15 is 0 Å². The van der Waals surface area contributed by atoms with Crippen molar-refractivity contribution < 1.29 is 22.8 Å². The minimum Gasteiger partial charge on any atom is -0.356 e. The van der Waals surface area contributed by atoms with Crippen LogP contribution in [0.2, 0.25) is 0 Å². The number of nitrogens with zero attached hydrogens (tertiary/aromatic N) is 1. The molecule has 0 aromatic heterocycles. The molecule has 0 fully saturated rings. The van der Waals surface area contributed by atoms with Crippen molar-refractivity contribution in [3.63, 3.8) is 0 Å². The third-order valence-corrected chi connectivity index (χ3v) is 5.13. The molecule has 136 valence electrons. The molecule has 0 atom stereocenters. The van der Waals surface area contributed by atoms with Crippen LogP contribution in [0.3, 0.4) is 0 Å². The highest BCUT2D eigenvalue weighted by atomic mass is 32.2. The first kappa shape index (κ1) is 19.1. The van der Waals surface area contributed by atoms with Crippen LogP contribution in [-0.2, 0) is 14.8 Å². The summed E-state index contributed by atoms with van der Waals surface area (Å²) in [6, 6.07) is 6.42. The van der Waals surface area contributed by atoms with E-state index in [1.165, 1.54) is 6.92 Å². The average molecular weight is 367 g/mol. The number of imide groups is 1. The monoisotopic (exact) mass is 367 g/mol. The fourth-order valence-electron chi connectivity index (χ4n) is 2.47. The Balaban J connectivity index is 1.78. The van der Waals surface area contributed by atoms with Gasteiger partial charge in [0.15, 0.2) is 0 Å². The van der Waals surface area contributed by atoms with Crippen LogP contribution in [0.15, 0.2) is 24.3 Å². The van der Waals surface area contributed by atoms with Crippen molar-refractivity contribution in [2.24, 2.45) is 0 Å². The number of carbonyl (C=O) groups is 3. The van der Waals surface area contributed by atoms with Gasteiger partial charge in [-0.05, 0) is 25.0 Å². The van der Waals surface area contributed by atoms with E-state index in [-0.39, 0.29) is 24.7 Å². The number of rotatable bonds is 9. The van der Waals surface area contributed by atoms with Crippen LogP contribution in [0.25, 0.3) is 0 Å². The molecule has 1 aliphatic rings. The smallest absolute Gasteiger partial charge is 0.261 e. The molecule has 0 bridgehead atoms. The Bertz CT molecular complexity index is 741. The molecule has 25 heavy (non-hydrogen) atoms. The quantitative estimate of drug-likeness (QED) is 0.475. The number of hydrogen-bond donors (Lipinski definition) is 2. The number of nitrogens with one attached hydrogen (secondary N) is 2. The number of fused-ring (bicyclic) bond motifs is 1. The first-order valence-corrected chi connectivity index (χ1v) is 9.64. The van der Waals surface area contributed by atoms with Gasteiger partial charge >= 0.3 is 0 Å². The molecule has 3 amide bonds. The molecule has 0 unspecified atom stereocenters. The summed E-state index contributed by atoms with van der Waals surface area (Å²) in [5.41, 5.74) is 0.603. The lowest BCUT2D eigenvalue weighted by Crippen LogP contribution is -2.38. The van der Waals surface area contributed by atoms with Crippen molar-refractivity contribution in [2.45, 2.75) is 19.8 Å². The van der Waals surface area contributed by atoms with Gasteiger partial charge in [0.05, 0.1) is 16.9 Å². The molecule has 2 rings (SSSR count). The van der Waals surface area contributed by atoms with E-state index in [0.29, 0.717) is 30.5 Å². The Labute approximate surface area is 146 Å². The van der Waals surface area contributed by atoms with Gasteiger partial charge in [-0.2, -0.15) is 0 Å². The van der Waals surface area contributed by atoms with Crippen molar-refractivity contribution in [1.82, 2.24) is 14.9 Å². The summed E-state index contributed by atoms with van der Waals surface area (Å²) < 4.78 is 26.4. The predicted molar refractivity (Wildman–Crippen MR) is 91.5 cm³/mol.